The number of nitrogens with two attached hydrogens (primary N) is 2. The molecule has 126 valence electrons. The molecule has 4 heteroatoms. The van der Waals surface area contributed by atoms with Crippen molar-refractivity contribution in [1.29, 1.82) is 10.5 Å². The molecule has 0 aromatic heterocycles. The van der Waals surface area contributed by atoms with E-state index >= 15 is 0 Å². The normalized spacial score (nSPS) is 13.3. The fourth-order valence-corrected chi connectivity index (χ4v) is 2.66. The Labute approximate surface area is 136 Å². The lowest BCUT2D eigenvalue weighted by Crippen LogP contribution is -2.19. The summed E-state index contributed by atoms with van der Waals surface area (Å²) in [6.45, 7) is 0. The summed E-state index contributed by atoms with van der Waals surface area (Å²) in [5.74, 6) is 0. The summed E-state index contributed by atoms with van der Waals surface area (Å²) in [6.07, 6.45) is 15.1. The van der Waals surface area contributed by atoms with Crippen molar-refractivity contribution in [3.63, 3.8) is 0 Å². The summed E-state index contributed by atoms with van der Waals surface area (Å²) < 4.78 is 0. The maximum absolute atomic E-state index is 8.49. The molecule has 0 radical (unpaired) electrons. The molecule has 0 aliphatic heterocycles. The Balaban J connectivity index is 3.18. The number of hydrogen-bond donors (Lipinski definition) is 2. The zero-order chi connectivity index (χ0) is 16.5. The van der Waals surface area contributed by atoms with Gasteiger partial charge in [-0.15, -0.1) is 0 Å². The predicted octanol–water partition coefficient (Wildman–Crippen LogP) is 4.15. The molecule has 0 aromatic carbocycles. The molecule has 4 nitrogen and oxygen atoms in total. The zero-order valence-electron chi connectivity index (χ0n) is 14.1. The molecular weight excluding hydrogens is 272 g/mol. The molecule has 0 rings (SSSR count). The SMILES string of the molecule is N#CCCC(N)CCCCCCCCCCC(N)CCC#N. The third-order valence-electron chi connectivity index (χ3n) is 4.15. The molecule has 0 bridgehead atoms. The van der Waals surface area contributed by atoms with Crippen molar-refractivity contribution < 1.29 is 0 Å². The van der Waals surface area contributed by atoms with Crippen LogP contribution in [-0.2, 0) is 0 Å². The largest absolute Gasteiger partial charge is 0.328 e. The lowest BCUT2D eigenvalue weighted by atomic mass is 10.0. The first-order chi connectivity index (χ1) is 10.7. The predicted molar refractivity (Wildman–Crippen MR) is 91.8 cm³/mol. The number of nitriles is 2. The van der Waals surface area contributed by atoms with Crippen LogP contribution in [0.2, 0.25) is 0 Å². The lowest BCUT2D eigenvalue weighted by Gasteiger charge is -2.09. The van der Waals surface area contributed by atoms with Crippen molar-refractivity contribution in [2.24, 2.45) is 11.5 Å². The average Bonchev–Trinajstić information content (AvgIpc) is 2.52. The van der Waals surface area contributed by atoms with Crippen molar-refractivity contribution in [2.45, 2.75) is 102 Å². The monoisotopic (exact) mass is 306 g/mol. The minimum absolute atomic E-state index is 0.213. The van der Waals surface area contributed by atoms with E-state index in [1.165, 1.54) is 51.4 Å². The topological polar surface area (TPSA) is 99.6 Å². The van der Waals surface area contributed by atoms with Crippen molar-refractivity contribution in [1.82, 2.24) is 0 Å². The molecule has 0 aliphatic carbocycles. The van der Waals surface area contributed by atoms with Crippen molar-refractivity contribution in [3.8, 4) is 12.1 Å². The first kappa shape index (κ1) is 20.9. The minimum atomic E-state index is 0.213. The Morgan fingerprint density at radius 1 is 0.545 bits per heavy atom. The first-order valence-corrected chi connectivity index (χ1v) is 8.95. The van der Waals surface area contributed by atoms with E-state index < -0.39 is 0 Å². The van der Waals surface area contributed by atoms with Crippen molar-refractivity contribution >= 4 is 0 Å². The summed E-state index contributed by atoms with van der Waals surface area (Å²) in [6, 6.07) is 4.72. The van der Waals surface area contributed by atoms with E-state index in [1.807, 2.05) is 0 Å². The van der Waals surface area contributed by atoms with E-state index in [2.05, 4.69) is 12.1 Å². The van der Waals surface area contributed by atoms with Gasteiger partial charge in [-0.05, 0) is 25.7 Å². The van der Waals surface area contributed by atoms with Gasteiger partial charge in [0.25, 0.3) is 0 Å². The third-order valence-corrected chi connectivity index (χ3v) is 4.15. The second-order valence-corrected chi connectivity index (χ2v) is 6.32. The molecule has 0 aliphatic rings. The van der Waals surface area contributed by atoms with Gasteiger partial charge < -0.3 is 11.5 Å². The Bertz CT molecular complexity index is 284. The van der Waals surface area contributed by atoms with Crippen LogP contribution in [0.15, 0.2) is 0 Å². The Morgan fingerprint density at radius 3 is 1.18 bits per heavy atom. The third kappa shape index (κ3) is 15.3. The highest BCUT2D eigenvalue weighted by Crippen LogP contribution is 2.13. The molecule has 0 heterocycles. The Kier molecular flexibility index (Phi) is 15.5. The lowest BCUT2D eigenvalue weighted by molar-refractivity contribution is 0.496. The van der Waals surface area contributed by atoms with E-state index in [0.29, 0.717) is 12.8 Å². The summed E-state index contributed by atoms with van der Waals surface area (Å²) in [7, 11) is 0. The van der Waals surface area contributed by atoms with Crippen LogP contribution in [0.1, 0.15) is 89.9 Å². The molecule has 4 N–H and O–H groups in total. The van der Waals surface area contributed by atoms with Crippen LogP contribution >= 0.6 is 0 Å². The highest BCUT2D eigenvalue weighted by molar-refractivity contribution is 4.74. The minimum Gasteiger partial charge on any atom is -0.328 e. The molecule has 0 spiro atoms. The van der Waals surface area contributed by atoms with Gasteiger partial charge in [0.2, 0.25) is 0 Å². The van der Waals surface area contributed by atoms with Gasteiger partial charge in [-0.1, -0.05) is 51.4 Å². The molecular formula is C18H34N4. The second kappa shape index (κ2) is 16.3. The highest BCUT2D eigenvalue weighted by Gasteiger charge is 2.02. The van der Waals surface area contributed by atoms with Crippen LogP contribution in [0, 0.1) is 22.7 Å². The van der Waals surface area contributed by atoms with Gasteiger partial charge in [-0.25, -0.2) is 0 Å². The molecule has 22 heavy (non-hydrogen) atoms. The summed E-state index contributed by atoms with van der Waals surface area (Å²) >= 11 is 0. The Hall–Kier alpha value is -1.10. The van der Waals surface area contributed by atoms with Gasteiger partial charge >= 0.3 is 0 Å². The average molecular weight is 306 g/mol. The van der Waals surface area contributed by atoms with Gasteiger partial charge in [0, 0.05) is 24.9 Å². The van der Waals surface area contributed by atoms with Gasteiger partial charge in [0.1, 0.15) is 0 Å². The van der Waals surface area contributed by atoms with Crippen LogP contribution in [-0.4, -0.2) is 12.1 Å². The van der Waals surface area contributed by atoms with Crippen LogP contribution in [0.4, 0.5) is 0 Å². The number of rotatable bonds is 15. The number of unbranched alkanes of at least 4 members (excludes halogenated alkanes) is 7. The van der Waals surface area contributed by atoms with Gasteiger partial charge in [-0.2, -0.15) is 10.5 Å². The molecule has 2 atom stereocenters. The van der Waals surface area contributed by atoms with Crippen molar-refractivity contribution in [2.75, 3.05) is 0 Å². The van der Waals surface area contributed by atoms with E-state index in [9.17, 15) is 0 Å². The van der Waals surface area contributed by atoms with Crippen LogP contribution in [0.3, 0.4) is 0 Å². The molecule has 2 unspecified atom stereocenters. The standard InChI is InChI=1S/C18H34N4/c19-15-9-13-17(21)11-7-5-3-1-2-4-6-8-12-18(22)14-10-16-20/h17-18H,1-14,21-22H2. The fourth-order valence-electron chi connectivity index (χ4n) is 2.66. The fraction of sp³-hybridized carbons (Fsp3) is 0.889. The number of nitrogens with zero attached hydrogens (tertiary/aromatic N) is 2. The molecule has 0 saturated carbocycles. The molecule has 0 aromatic rings. The van der Waals surface area contributed by atoms with E-state index in [4.69, 9.17) is 22.0 Å². The maximum atomic E-state index is 8.49. The molecule has 0 saturated heterocycles. The Morgan fingerprint density at radius 2 is 0.864 bits per heavy atom. The van der Waals surface area contributed by atoms with E-state index in [-0.39, 0.29) is 12.1 Å². The number of hydrogen-bond acceptors (Lipinski definition) is 4. The van der Waals surface area contributed by atoms with E-state index in [1.54, 1.807) is 0 Å². The van der Waals surface area contributed by atoms with Crippen LogP contribution in [0.5, 0.6) is 0 Å². The van der Waals surface area contributed by atoms with Crippen LogP contribution in [0.25, 0.3) is 0 Å². The first-order valence-electron chi connectivity index (χ1n) is 8.95. The summed E-state index contributed by atoms with van der Waals surface area (Å²) in [5, 5.41) is 17.0. The smallest absolute Gasteiger partial charge is 0.0622 e. The molecule has 0 fully saturated rings. The van der Waals surface area contributed by atoms with E-state index in [0.717, 1.165) is 25.7 Å². The highest BCUT2D eigenvalue weighted by atomic mass is 14.6. The van der Waals surface area contributed by atoms with Gasteiger partial charge in [-0.3, -0.25) is 0 Å². The van der Waals surface area contributed by atoms with Crippen molar-refractivity contribution in [3.05, 3.63) is 0 Å². The summed E-state index contributed by atoms with van der Waals surface area (Å²) in [4.78, 5) is 0. The summed E-state index contributed by atoms with van der Waals surface area (Å²) in [5.41, 5.74) is 11.9. The van der Waals surface area contributed by atoms with Gasteiger partial charge in [0.15, 0.2) is 0 Å². The zero-order valence-corrected chi connectivity index (χ0v) is 14.1. The quantitative estimate of drug-likeness (QED) is 0.444. The van der Waals surface area contributed by atoms with Crippen LogP contribution < -0.4 is 11.5 Å². The second-order valence-electron chi connectivity index (χ2n) is 6.32. The van der Waals surface area contributed by atoms with Gasteiger partial charge in [0.05, 0.1) is 12.1 Å². The maximum Gasteiger partial charge on any atom is 0.0622 e. The molecule has 0 amide bonds.